The van der Waals surface area contributed by atoms with E-state index in [4.69, 9.17) is 0 Å². The summed E-state index contributed by atoms with van der Waals surface area (Å²) in [7, 11) is 1.23. The maximum Gasteiger partial charge on any atom is 0.416 e. The van der Waals surface area contributed by atoms with Crippen molar-refractivity contribution in [2.75, 3.05) is 11.9 Å². The van der Waals surface area contributed by atoms with E-state index in [-0.39, 0.29) is 46.8 Å². The second-order valence-corrected chi connectivity index (χ2v) is 12.4. The maximum atomic E-state index is 14.8. The zero-order chi connectivity index (χ0) is 35.1. The molecule has 1 aliphatic carbocycles. The van der Waals surface area contributed by atoms with Gasteiger partial charge in [-0.2, -0.15) is 31.6 Å². The predicted molar refractivity (Wildman–Crippen MR) is 159 cm³/mol. The van der Waals surface area contributed by atoms with Crippen molar-refractivity contribution in [1.29, 1.82) is 5.26 Å². The summed E-state index contributed by atoms with van der Waals surface area (Å²) in [6.45, 7) is 3.85. The number of carbonyl (C=O) groups excluding carboxylic acids is 1. The van der Waals surface area contributed by atoms with Gasteiger partial charge in [-0.25, -0.2) is 9.37 Å². The fraction of sp³-hybridized carbons (Fsp3) is 0.412. The molecule has 1 N–H and O–H groups in total. The first-order chi connectivity index (χ1) is 21.7. The number of hydrogen-bond donors (Lipinski definition) is 1. The molecule has 1 saturated carbocycles. The average Bonchev–Trinajstić information content (AvgIpc) is 3.00. The van der Waals surface area contributed by atoms with Crippen LogP contribution in [0, 0.1) is 30.0 Å². The van der Waals surface area contributed by atoms with Crippen molar-refractivity contribution in [3.8, 4) is 17.2 Å². The fourth-order valence-electron chi connectivity index (χ4n) is 6.16. The molecule has 2 aromatic carbocycles. The number of rotatable bonds is 7. The van der Waals surface area contributed by atoms with E-state index >= 15 is 0 Å². The highest BCUT2D eigenvalue weighted by molar-refractivity contribution is 6.04. The molecule has 0 radical (unpaired) electrons. The van der Waals surface area contributed by atoms with Gasteiger partial charge in [0.2, 0.25) is 5.91 Å². The van der Waals surface area contributed by atoms with Gasteiger partial charge in [-0.15, -0.1) is 0 Å². The molecule has 0 atom stereocenters. The van der Waals surface area contributed by atoms with Gasteiger partial charge in [0, 0.05) is 30.6 Å². The molecule has 0 saturated heterocycles. The second-order valence-electron chi connectivity index (χ2n) is 12.4. The van der Waals surface area contributed by atoms with E-state index in [2.05, 4.69) is 4.98 Å². The van der Waals surface area contributed by atoms with Crippen LogP contribution in [0.15, 0.2) is 42.5 Å². The number of anilines is 1. The smallest absolute Gasteiger partial charge is 0.416 e. The zero-order valence-corrected chi connectivity index (χ0v) is 26.0. The summed E-state index contributed by atoms with van der Waals surface area (Å²) < 4.78 is 96.8. The van der Waals surface area contributed by atoms with Crippen LogP contribution < -0.4 is 4.90 Å². The Kier molecular flexibility index (Phi) is 9.76. The fourth-order valence-corrected chi connectivity index (χ4v) is 6.16. The lowest BCUT2D eigenvalue weighted by Gasteiger charge is -2.33. The van der Waals surface area contributed by atoms with Gasteiger partial charge >= 0.3 is 18.3 Å². The van der Waals surface area contributed by atoms with Gasteiger partial charge in [-0.3, -0.25) is 9.59 Å². The molecule has 6 nitrogen and oxygen atoms in total. The Balaban J connectivity index is 1.86. The van der Waals surface area contributed by atoms with Gasteiger partial charge in [-0.1, -0.05) is 12.1 Å². The van der Waals surface area contributed by atoms with Crippen molar-refractivity contribution in [3.63, 3.8) is 0 Å². The maximum absolute atomic E-state index is 14.8. The molecule has 0 spiro atoms. The van der Waals surface area contributed by atoms with Crippen LogP contribution in [0.1, 0.15) is 85.5 Å². The lowest BCUT2D eigenvalue weighted by molar-refractivity contribution is -0.143. The normalized spacial score (nSPS) is 17.2. The van der Waals surface area contributed by atoms with Gasteiger partial charge in [0.1, 0.15) is 11.9 Å². The number of hydrogen-bond acceptors (Lipinski definition) is 4. The summed E-state index contributed by atoms with van der Waals surface area (Å²) in [5.74, 6) is -2.64. The number of carboxylic acid groups (broad SMARTS) is 1. The SMILES string of the molecule is Cc1c(F)cccc1-c1cc(C2CCC(CC(=O)O)CC2)nc(C#N)c1N(C)C(=O)C(C)(C)c1cc(C(F)(F)F)cc(C(F)(F)F)c1. The largest absolute Gasteiger partial charge is 0.481 e. The van der Waals surface area contributed by atoms with Crippen molar-refractivity contribution in [1.82, 2.24) is 4.98 Å². The Morgan fingerprint density at radius 1 is 0.936 bits per heavy atom. The van der Waals surface area contributed by atoms with Gasteiger partial charge in [0.05, 0.1) is 22.2 Å². The van der Waals surface area contributed by atoms with E-state index in [0.29, 0.717) is 49.1 Å². The van der Waals surface area contributed by atoms with Crippen molar-refractivity contribution in [2.45, 2.75) is 76.6 Å². The number of alkyl halides is 6. The van der Waals surface area contributed by atoms with E-state index in [9.17, 15) is 50.7 Å². The Bertz CT molecular complexity index is 1700. The van der Waals surface area contributed by atoms with Crippen LogP contribution in [0.25, 0.3) is 11.1 Å². The number of halogens is 7. The second kappa shape index (κ2) is 13.0. The van der Waals surface area contributed by atoms with Crippen molar-refractivity contribution >= 4 is 17.6 Å². The highest BCUT2D eigenvalue weighted by Crippen LogP contribution is 2.44. The molecule has 1 heterocycles. The van der Waals surface area contributed by atoms with Crippen LogP contribution in [-0.4, -0.2) is 29.0 Å². The third kappa shape index (κ3) is 7.42. The topological polar surface area (TPSA) is 94.3 Å². The third-order valence-corrected chi connectivity index (χ3v) is 8.89. The molecule has 0 aliphatic heterocycles. The third-order valence-electron chi connectivity index (χ3n) is 8.89. The number of aromatic nitrogens is 1. The van der Waals surface area contributed by atoms with Gasteiger partial charge in [0.15, 0.2) is 5.69 Å². The van der Waals surface area contributed by atoms with Crippen LogP contribution in [-0.2, 0) is 27.4 Å². The highest BCUT2D eigenvalue weighted by Gasteiger charge is 2.42. The number of likely N-dealkylation sites (N-methyl/N-ethyl adjacent to an activating group) is 1. The minimum absolute atomic E-state index is 0.0231. The minimum Gasteiger partial charge on any atom is -0.481 e. The molecular formula is C34H32F7N3O3. The molecule has 0 bridgehead atoms. The number of benzene rings is 2. The van der Waals surface area contributed by atoms with E-state index in [1.165, 1.54) is 40.0 Å². The lowest BCUT2D eigenvalue weighted by Crippen LogP contribution is -2.42. The van der Waals surface area contributed by atoms with Crippen molar-refractivity contribution in [3.05, 3.63) is 81.9 Å². The van der Waals surface area contributed by atoms with Crippen LogP contribution in [0.3, 0.4) is 0 Å². The van der Waals surface area contributed by atoms with Gasteiger partial charge in [-0.05, 0) is 99.4 Å². The molecule has 47 heavy (non-hydrogen) atoms. The highest BCUT2D eigenvalue weighted by atomic mass is 19.4. The van der Waals surface area contributed by atoms with Gasteiger partial charge in [0.25, 0.3) is 0 Å². The van der Waals surface area contributed by atoms with Crippen molar-refractivity contribution in [2.24, 2.45) is 5.92 Å². The summed E-state index contributed by atoms with van der Waals surface area (Å²) in [5, 5.41) is 19.4. The number of carboxylic acids is 1. The molecule has 250 valence electrons. The number of aliphatic carboxylic acids is 1. The summed E-state index contributed by atoms with van der Waals surface area (Å²) in [5.41, 5.74) is -4.87. The van der Waals surface area contributed by atoms with Crippen LogP contribution >= 0.6 is 0 Å². The predicted octanol–water partition coefficient (Wildman–Crippen LogP) is 8.79. The molecular weight excluding hydrogens is 631 g/mol. The molecule has 4 rings (SSSR count). The molecule has 0 unspecified atom stereocenters. The molecule has 1 aromatic heterocycles. The molecule has 3 aromatic rings. The molecule has 1 amide bonds. The first kappa shape index (κ1) is 35.4. The van der Waals surface area contributed by atoms with Gasteiger partial charge < -0.3 is 10.0 Å². The van der Waals surface area contributed by atoms with E-state index in [1.807, 2.05) is 6.07 Å². The van der Waals surface area contributed by atoms with E-state index in [0.717, 1.165) is 4.90 Å². The summed E-state index contributed by atoms with van der Waals surface area (Å²) >= 11 is 0. The van der Waals surface area contributed by atoms with Crippen LogP contribution in [0.5, 0.6) is 0 Å². The summed E-state index contributed by atoms with van der Waals surface area (Å²) in [6.07, 6.45) is -7.92. The Morgan fingerprint density at radius 3 is 2.00 bits per heavy atom. The van der Waals surface area contributed by atoms with Crippen LogP contribution in [0.2, 0.25) is 0 Å². The lowest BCUT2D eigenvalue weighted by atomic mass is 9.78. The van der Waals surface area contributed by atoms with Crippen molar-refractivity contribution < 1.29 is 45.4 Å². The van der Waals surface area contributed by atoms with E-state index < -0.39 is 52.2 Å². The Hall–Kier alpha value is -4.47. The zero-order valence-electron chi connectivity index (χ0n) is 26.0. The first-order valence-electron chi connectivity index (χ1n) is 14.8. The summed E-state index contributed by atoms with van der Waals surface area (Å²) in [6, 6.07) is 8.76. The first-order valence-corrected chi connectivity index (χ1v) is 14.8. The summed E-state index contributed by atoms with van der Waals surface area (Å²) in [4.78, 5) is 30.8. The minimum atomic E-state index is -5.14. The molecule has 1 fully saturated rings. The Labute approximate surface area is 266 Å². The van der Waals surface area contributed by atoms with Crippen LogP contribution in [0.4, 0.5) is 36.4 Å². The van der Waals surface area contributed by atoms with E-state index in [1.54, 1.807) is 12.1 Å². The number of pyridine rings is 1. The molecule has 13 heteroatoms. The number of nitriles is 1. The average molecular weight is 664 g/mol. The number of amides is 1. The molecule has 1 aliphatic rings. The monoisotopic (exact) mass is 663 g/mol. The standard InChI is InChI=1S/C34H32F7N3O3/c1-18-24(6-5-7-26(18)35)25-16-27(20-10-8-19(9-11-20)12-29(45)46)43-28(17-42)30(25)44(4)31(47)32(2,3)21-13-22(33(36,37)38)15-23(14-21)34(39,40)41/h5-7,13-16,19-20H,8-12H2,1-4H3,(H,45,46). The number of nitrogens with zero attached hydrogens (tertiary/aromatic N) is 3. The number of carbonyl (C=O) groups is 2. The quantitative estimate of drug-likeness (QED) is 0.255. The Morgan fingerprint density at radius 2 is 1.49 bits per heavy atom.